The molecule has 0 spiro atoms. The Bertz CT molecular complexity index is 484. The monoisotopic (exact) mass is 251 g/mol. The fourth-order valence-corrected chi connectivity index (χ4v) is 2.24. The Morgan fingerprint density at radius 1 is 1.35 bits per heavy atom. The Morgan fingerprint density at radius 2 is 2.18 bits per heavy atom. The van der Waals surface area contributed by atoms with E-state index in [1.165, 1.54) is 6.07 Å². The number of hydrogen-bond acceptors (Lipinski definition) is 3. The van der Waals surface area contributed by atoms with Crippen molar-refractivity contribution in [3.05, 3.63) is 48.0 Å². The molecule has 0 bridgehead atoms. The van der Waals surface area contributed by atoms with E-state index in [1.54, 1.807) is 30.1 Å². The molecule has 17 heavy (non-hydrogen) atoms. The second-order valence-electron chi connectivity index (χ2n) is 3.57. The van der Waals surface area contributed by atoms with Gasteiger partial charge < -0.3 is 10.3 Å². The van der Waals surface area contributed by atoms with Crippen LogP contribution in [0.3, 0.4) is 0 Å². The highest BCUT2D eigenvalue weighted by atomic mass is 32.2. The normalized spacial score (nSPS) is 10.7. The van der Waals surface area contributed by atoms with Crippen LogP contribution in [0.2, 0.25) is 0 Å². The largest absolute Gasteiger partial charge is 0.330 e. The number of hydrogen-bond donors (Lipinski definition) is 1. The highest BCUT2D eigenvalue weighted by Gasteiger charge is 2.06. The van der Waals surface area contributed by atoms with Crippen LogP contribution in [-0.4, -0.2) is 21.8 Å². The molecule has 0 radical (unpaired) electrons. The molecular formula is C12H14FN3S. The van der Waals surface area contributed by atoms with E-state index >= 15 is 0 Å². The summed E-state index contributed by atoms with van der Waals surface area (Å²) < 4.78 is 15.4. The molecule has 0 atom stereocenters. The molecule has 0 fully saturated rings. The molecule has 0 unspecified atom stereocenters. The van der Waals surface area contributed by atoms with Gasteiger partial charge in [0.1, 0.15) is 5.82 Å². The van der Waals surface area contributed by atoms with Crippen LogP contribution in [0.15, 0.2) is 41.8 Å². The van der Waals surface area contributed by atoms with E-state index < -0.39 is 0 Å². The number of nitrogens with two attached hydrogens (primary N) is 1. The van der Waals surface area contributed by atoms with Gasteiger partial charge >= 0.3 is 0 Å². The molecule has 3 nitrogen and oxygen atoms in total. The molecule has 1 heterocycles. The second-order valence-corrected chi connectivity index (χ2v) is 4.63. The Kier molecular flexibility index (Phi) is 4.17. The van der Waals surface area contributed by atoms with Crippen molar-refractivity contribution in [3.63, 3.8) is 0 Å². The number of rotatable bonds is 5. The topological polar surface area (TPSA) is 43.8 Å². The van der Waals surface area contributed by atoms with Crippen LogP contribution in [0, 0.1) is 5.82 Å². The van der Waals surface area contributed by atoms with Crippen LogP contribution in [0.4, 0.5) is 4.39 Å². The van der Waals surface area contributed by atoms with Gasteiger partial charge in [0.2, 0.25) is 0 Å². The van der Waals surface area contributed by atoms with Gasteiger partial charge in [-0.25, -0.2) is 9.37 Å². The van der Waals surface area contributed by atoms with Crippen molar-refractivity contribution >= 4 is 11.8 Å². The number of thioether (sulfide) groups is 1. The van der Waals surface area contributed by atoms with Crippen molar-refractivity contribution in [2.24, 2.45) is 5.73 Å². The molecule has 2 aromatic rings. The molecule has 0 saturated carbocycles. The van der Waals surface area contributed by atoms with Crippen molar-refractivity contribution in [1.82, 2.24) is 9.55 Å². The van der Waals surface area contributed by atoms with E-state index in [-0.39, 0.29) is 5.82 Å². The minimum atomic E-state index is -0.184. The Labute approximate surface area is 104 Å². The summed E-state index contributed by atoms with van der Waals surface area (Å²) in [5.41, 5.74) is 6.12. The van der Waals surface area contributed by atoms with Crippen molar-refractivity contribution in [2.75, 3.05) is 12.3 Å². The van der Waals surface area contributed by atoms with Crippen LogP contribution in [0.5, 0.6) is 0 Å². The molecule has 0 amide bonds. The summed E-state index contributed by atoms with van der Waals surface area (Å²) >= 11 is 1.58. The molecule has 1 aromatic heterocycles. The Hall–Kier alpha value is -1.33. The van der Waals surface area contributed by atoms with E-state index in [4.69, 9.17) is 5.73 Å². The SMILES string of the molecule is NCCSc1nccn1Cc1ccccc1F. The number of benzene rings is 1. The summed E-state index contributed by atoms with van der Waals surface area (Å²) in [5.74, 6) is 0.629. The molecule has 2 N–H and O–H groups in total. The maximum Gasteiger partial charge on any atom is 0.168 e. The summed E-state index contributed by atoms with van der Waals surface area (Å²) in [4.78, 5) is 4.23. The van der Waals surface area contributed by atoms with Crippen LogP contribution in [-0.2, 0) is 6.54 Å². The highest BCUT2D eigenvalue weighted by Crippen LogP contribution is 2.17. The van der Waals surface area contributed by atoms with E-state index in [2.05, 4.69) is 4.98 Å². The lowest BCUT2D eigenvalue weighted by Crippen LogP contribution is -2.05. The van der Waals surface area contributed by atoms with E-state index in [0.29, 0.717) is 18.7 Å². The number of imidazole rings is 1. The predicted molar refractivity (Wildman–Crippen MR) is 67.5 cm³/mol. The lowest BCUT2D eigenvalue weighted by Gasteiger charge is -2.07. The average Bonchev–Trinajstić information content (AvgIpc) is 2.77. The Balaban J connectivity index is 2.13. The molecule has 0 aliphatic rings. The molecule has 0 aliphatic heterocycles. The minimum Gasteiger partial charge on any atom is -0.330 e. The summed E-state index contributed by atoms with van der Waals surface area (Å²) in [6, 6.07) is 6.78. The third kappa shape index (κ3) is 3.08. The van der Waals surface area contributed by atoms with Crippen molar-refractivity contribution in [3.8, 4) is 0 Å². The molecule has 90 valence electrons. The van der Waals surface area contributed by atoms with E-state index in [0.717, 1.165) is 10.9 Å². The summed E-state index contributed by atoms with van der Waals surface area (Å²) in [7, 11) is 0. The molecule has 1 aromatic carbocycles. The molecular weight excluding hydrogens is 237 g/mol. The van der Waals surface area contributed by atoms with Crippen molar-refractivity contribution < 1.29 is 4.39 Å². The lowest BCUT2D eigenvalue weighted by atomic mass is 10.2. The van der Waals surface area contributed by atoms with Gasteiger partial charge in [0.05, 0.1) is 6.54 Å². The minimum absolute atomic E-state index is 0.184. The molecule has 0 aliphatic carbocycles. The third-order valence-corrected chi connectivity index (χ3v) is 3.36. The quantitative estimate of drug-likeness (QED) is 0.828. The highest BCUT2D eigenvalue weighted by molar-refractivity contribution is 7.99. The maximum atomic E-state index is 13.5. The lowest BCUT2D eigenvalue weighted by molar-refractivity contribution is 0.590. The first-order chi connectivity index (χ1) is 8.31. The summed E-state index contributed by atoms with van der Waals surface area (Å²) in [6.07, 6.45) is 3.57. The zero-order valence-electron chi connectivity index (χ0n) is 9.34. The van der Waals surface area contributed by atoms with Crippen LogP contribution < -0.4 is 5.73 Å². The fourth-order valence-electron chi connectivity index (χ4n) is 1.52. The number of halogens is 1. The Morgan fingerprint density at radius 3 is 2.94 bits per heavy atom. The van der Waals surface area contributed by atoms with Gasteiger partial charge in [-0.15, -0.1) is 0 Å². The van der Waals surface area contributed by atoms with Crippen molar-refractivity contribution in [1.29, 1.82) is 0 Å². The number of aromatic nitrogens is 2. The fraction of sp³-hybridized carbons (Fsp3) is 0.250. The van der Waals surface area contributed by atoms with Crippen LogP contribution in [0.25, 0.3) is 0 Å². The molecule has 2 rings (SSSR count). The van der Waals surface area contributed by atoms with Crippen LogP contribution >= 0.6 is 11.8 Å². The standard InChI is InChI=1S/C12H14FN3S/c13-11-4-2-1-3-10(11)9-16-7-6-15-12(16)17-8-5-14/h1-4,6-7H,5,8-9,14H2. The molecule has 5 heteroatoms. The van der Waals surface area contributed by atoms with Crippen LogP contribution in [0.1, 0.15) is 5.56 Å². The van der Waals surface area contributed by atoms with Gasteiger partial charge in [0.25, 0.3) is 0 Å². The van der Waals surface area contributed by atoms with E-state index in [9.17, 15) is 4.39 Å². The first-order valence-corrected chi connectivity index (χ1v) is 6.37. The number of nitrogens with zero attached hydrogens (tertiary/aromatic N) is 2. The molecule has 0 saturated heterocycles. The van der Waals surface area contributed by atoms with Gasteiger partial charge in [0, 0.05) is 30.3 Å². The van der Waals surface area contributed by atoms with Gasteiger partial charge in [-0.3, -0.25) is 0 Å². The zero-order chi connectivity index (χ0) is 12.1. The summed E-state index contributed by atoms with van der Waals surface area (Å²) in [5, 5.41) is 0.874. The van der Waals surface area contributed by atoms with Gasteiger partial charge in [-0.2, -0.15) is 0 Å². The van der Waals surface area contributed by atoms with Gasteiger partial charge in [-0.1, -0.05) is 30.0 Å². The third-order valence-electron chi connectivity index (χ3n) is 2.32. The predicted octanol–water partition coefficient (Wildman–Crippen LogP) is 2.12. The summed E-state index contributed by atoms with van der Waals surface area (Å²) in [6.45, 7) is 1.11. The zero-order valence-corrected chi connectivity index (χ0v) is 10.2. The van der Waals surface area contributed by atoms with E-state index in [1.807, 2.05) is 16.8 Å². The average molecular weight is 251 g/mol. The van der Waals surface area contributed by atoms with Gasteiger partial charge in [-0.05, 0) is 6.07 Å². The first-order valence-electron chi connectivity index (χ1n) is 5.38. The maximum absolute atomic E-state index is 13.5. The van der Waals surface area contributed by atoms with Crippen molar-refractivity contribution in [2.45, 2.75) is 11.7 Å². The smallest absolute Gasteiger partial charge is 0.168 e. The second kappa shape index (κ2) is 5.84. The first kappa shape index (κ1) is 12.1. The van der Waals surface area contributed by atoms with Gasteiger partial charge in [0.15, 0.2) is 5.16 Å².